The number of nitrogens with one attached hydrogen (secondary N) is 1. The first-order chi connectivity index (χ1) is 9.81. The average molecular weight is 263 g/mol. The summed E-state index contributed by atoms with van der Waals surface area (Å²) in [5, 5.41) is 1.12. The Balaban J connectivity index is 1.65. The number of aromatic amines is 1. The molecule has 1 aromatic carbocycles. The molecule has 3 heterocycles. The van der Waals surface area contributed by atoms with Gasteiger partial charge in [-0.3, -0.25) is 9.78 Å². The summed E-state index contributed by atoms with van der Waals surface area (Å²) < 4.78 is 0. The molecule has 4 rings (SSSR count). The predicted octanol–water partition coefficient (Wildman–Crippen LogP) is 2.72. The van der Waals surface area contributed by atoms with E-state index in [1.807, 2.05) is 47.5 Å². The number of amides is 1. The standard InChI is InChI=1S/C16H13N3O/c20-16(12-4-3-11-5-7-18-14(11)8-12)19-9-13-2-1-6-17-15(13)10-19/h1-8,18H,9-10H2. The lowest BCUT2D eigenvalue weighted by atomic mass is 10.1. The van der Waals surface area contributed by atoms with Gasteiger partial charge in [0, 0.05) is 30.0 Å². The first kappa shape index (κ1) is 11.2. The number of rotatable bonds is 1. The van der Waals surface area contributed by atoms with Crippen molar-refractivity contribution in [2.24, 2.45) is 0 Å². The van der Waals surface area contributed by atoms with Gasteiger partial charge in [-0.25, -0.2) is 0 Å². The second-order valence-corrected chi connectivity index (χ2v) is 5.05. The Labute approximate surface area is 116 Å². The van der Waals surface area contributed by atoms with Crippen LogP contribution >= 0.6 is 0 Å². The number of hydrogen-bond acceptors (Lipinski definition) is 2. The first-order valence-corrected chi connectivity index (χ1v) is 6.60. The van der Waals surface area contributed by atoms with Gasteiger partial charge in [-0.2, -0.15) is 0 Å². The van der Waals surface area contributed by atoms with Crippen molar-refractivity contribution >= 4 is 16.8 Å². The van der Waals surface area contributed by atoms with Crippen LogP contribution < -0.4 is 0 Å². The molecule has 1 amide bonds. The highest BCUT2D eigenvalue weighted by Crippen LogP contribution is 2.23. The van der Waals surface area contributed by atoms with E-state index in [0.29, 0.717) is 18.7 Å². The molecule has 98 valence electrons. The maximum atomic E-state index is 12.6. The molecule has 1 aliphatic heterocycles. The number of nitrogens with zero attached hydrogens (tertiary/aromatic N) is 2. The summed E-state index contributed by atoms with van der Waals surface area (Å²) in [5.41, 5.74) is 3.85. The zero-order valence-corrected chi connectivity index (χ0v) is 10.8. The van der Waals surface area contributed by atoms with Gasteiger partial charge in [0.15, 0.2) is 0 Å². The molecule has 0 saturated heterocycles. The van der Waals surface area contributed by atoms with Gasteiger partial charge in [0.05, 0.1) is 12.2 Å². The Hall–Kier alpha value is -2.62. The number of carbonyl (C=O) groups is 1. The van der Waals surface area contributed by atoms with Crippen molar-refractivity contribution in [3.8, 4) is 0 Å². The Bertz CT molecular complexity index is 781. The van der Waals surface area contributed by atoms with Crippen LogP contribution in [0.4, 0.5) is 0 Å². The van der Waals surface area contributed by atoms with Crippen LogP contribution in [0, 0.1) is 0 Å². The van der Waals surface area contributed by atoms with Crippen molar-refractivity contribution in [3.63, 3.8) is 0 Å². The Morgan fingerprint density at radius 1 is 1.20 bits per heavy atom. The van der Waals surface area contributed by atoms with Gasteiger partial charge in [-0.05, 0) is 35.2 Å². The molecule has 0 fully saturated rings. The third kappa shape index (κ3) is 1.69. The second kappa shape index (κ2) is 4.20. The summed E-state index contributed by atoms with van der Waals surface area (Å²) in [6, 6.07) is 11.7. The topological polar surface area (TPSA) is 49.0 Å². The molecule has 0 saturated carbocycles. The van der Waals surface area contributed by atoms with Gasteiger partial charge in [0.1, 0.15) is 0 Å². The summed E-state index contributed by atoms with van der Waals surface area (Å²) in [4.78, 5) is 21.9. The van der Waals surface area contributed by atoms with Gasteiger partial charge in [0.25, 0.3) is 5.91 Å². The smallest absolute Gasteiger partial charge is 0.254 e. The lowest BCUT2D eigenvalue weighted by Crippen LogP contribution is -2.25. The normalized spacial score (nSPS) is 13.7. The third-order valence-electron chi connectivity index (χ3n) is 3.78. The number of fused-ring (bicyclic) bond motifs is 2. The molecule has 0 spiro atoms. The number of aromatic nitrogens is 2. The van der Waals surface area contributed by atoms with Crippen LogP contribution in [0.15, 0.2) is 48.8 Å². The fourth-order valence-corrected chi connectivity index (χ4v) is 2.71. The third-order valence-corrected chi connectivity index (χ3v) is 3.78. The zero-order valence-electron chi connectivity index (χ0n) is 10.8. The Morgan fingerprint density at radius 2 is 2.15 bits per heavy atom. The fourth-order valence-electron chi connectivity index (χ4n) is 2.71. The van der Waals surface area contributed by atoms with Gasteiger partial charge < -0.3 is 9.88 Å². The number of benzene rings is 1. The SMILES string of the molecule is O=C(c1ccc2cc[nH]c2c1)N1Cc2cccnc2C1. The maximum Gasteiger partial charge on any atom is 0.254 e. The number of carbonyl (C=O) groups excluding carboxylic acids is 1. The molecular formula is C16H13N3O. The van der Waals surface area contributed by atoms with E-state index in [-0.39, 0.29) is 5.91 Å². The van der Waals surface area contributed by atoms with Gasteiger partial charge >= 0.3 is 0 Å². The highest BCUT2D eigenvalue weighted by molar-refractivity contribution is 5.98. The van der Waals surface area contributed by atoms with Gasteiger partial charge in [-0.15, -0.1) is 0 Å². The molecule has 0 radical (unpaired) electrons. The minimum atomic E-state index is 0.0551. The molecule has 2 aromatic heterocycles. The van der Waals surface area contributed by atoms with Gasteiger partial charge in [-0.1, -0.05) is 12.1 Å². The largest absolute Gasteiger partial charge is 0.361 e. The molecule has 0 unspecified atom stereocenters. The van der Waals surface area contributed by atoms with Crippen molar-refractivity contribution < 1.29 is 4.79 Å². The molecule has 20 heavy (non-hydrogen) atoms. The van der Waals surface area contributed by atoms with Crippen LogP contribution in [0.2, 0.25) is 0 Å². The zero-order chi connectivity index (χ0) is 13.5. The molecule has 3 aromatic rings. The molecule has 4 heteroatoms. The molecule has 4 nitrogen and oxygen atoms in total. The van der Waals surface area contributed by atoms with Crippen LogP contribution in [0.3, 0.4) is 0 Å². The van der Waals surface area contributed by atoms with Crippen LogP contribution in [-0.4, -0.2) is 20.8 Å². The van der Waals surface area contributed by atoms with Crippen LogP contribution in [-0.2, 0) is 13.1 Å². The summed E-state index contributed by atoms with van der Waals surface area (Å²) in [6.07, 6.45) is 3.66. The van der Waals surface area contributed by atoms with E-state index in [9.17, 15) is 4.79 Å². The van der Waals surface area contributed by atoms with Crippen molar-refractivity contribution in [2.45, 2.75) is 13.1 Å². The Morgan fingerprint density at radius 3 is 3.05 bits per heavy atom. The number of H-pyrrole nitrogens is 1. The van der Waals surface area contributed by atoms with Crippen molar-refractivity contribution in [1.82, 2.24) is 14.9 Å². The minimum absolute atomic E-state index is 0.0551. The average Bonchev–Trinajstić information content (AvgIpc) is 3.11. The van der Waals surface area contributed by atoms with Crippen LogP contribution in [0.5, 0.6) is 0 Å². The monoisotopic (exact) mass is 263 g/mol. The summed E-state index contributed by atoms with van der Waals surface area (Å²) >= 11 is 0. The molecule has 1 aliphatic rings. The first-order valence-electron chi connectivity index (χ1n) is 6.60. The Kier molecular flexibility index (Phi) is 2.36. The van der Waals surface area contributed by atoms with E-state index in [2.05, 4.69) is 9.97 Å². The maximum absolute atomic E-state index is 12.6. The molecule has 0 atom stereocenters. The lowest BCUT2D eigenvalue weighted by Gasteiger charge is -2.15. The highest BCUT2D eigenvalue weighted by Gasteiger charge is 2.24. The molecular weight excluding hydrogens is 250 g/mol. The highest BCUT2D eigenvalue weighted by atomic mass is 16.2. The predicted molar refractivity (Wildman–Crippen MR) is 76.1 cm³/mol. The van der Waals surface area contributed by atoms with Crippen LogP contribution in [0.1, 0.15) is 21.6 Å². The fraction of sp³-hybridized carbons (Fsp3) is 0.125. The van der Waals surface area contributed by atoms with E-state index < -0.39 is 0 Å². The van der Waals surface area contributed by atoms with E-state index in [0.717, 1.165) is 22.2 Å². The molecule has 0 aliphatic carbocycles. The summed E-state index contributed by atoms with van der Waals surface area (Å²) in [7, 11) is 0. The van der Waals surface area contributed by atoms with Gasteiger partial charge in [0.2, 0.25) is 0 Å². The summed E-state index contributed by atoms with van der Waals surface area (Å²) in [6.45, 7) is 1.24. The van der Waals surface area contributed by atoms with E-state index in [1.165, 1.54) is 0 Å². The minimum Gasteiger partial charge on any atom is -0.361 e. The second-order valence-electron chi connectivity index (χ2n) is 5.05. The van der Waals surface area contributed by atoms with Crippen molar-refractivity contribution in [3.05, 3.63) is 65.6 Å². The quantitative estimate of drug-likeness (QED) is 0.734. The molecule has 0 bridgehead atoms. The van der Waals surface area contributed by atoms with Crippen LogP contribution in [0.25, 0.3) is 10.9 Å². The number of hydrogen-bond donors (Lipinski definition) is 1. The number of pyridine rings is 1. The summed E-state index contributed by atoms with van der Waals surface area (Å²) in [5.74, 6) is 0.0551. The van der Waals surface area contributed by atoms with E-state index in [4.69, 9.17) is 0 Å². The van der Waals surface area contributed by atoms with Crippen molar-refractivity contribution in [2.75, 3.05) is 0 Å². The lowest BCUT2D eigenvalue weighted by molar-refractivity contribution is 0.0750. The van der Waals surface area contributed by atoms with E-state index in [1.54, 1.807) is 6.20 Å². The molecule has 1 N–H and O–H groups in total. The van der Waals surface area contributed by atoms with Crippen molar-refractivity contribution in [1.29, 1.82) is 0 Å². The van der Waals surface area contributed by atoms with E-state index >= 15 is 0 Å².